The zero-order valence-corrected chi connectivity index (χ0v) is 9.73. The maximum absolute atomic E-state index is 13.8. The minimum atomic E-state index is -0.443. The fourth-order valence-electron chi connectivity index (χ4n) is 1.53. The molecule has 0 amide bonds. The summed E-state index contributed by atoms with van der Waals surface area (Å²) in [6.07, 6.45) is 0.462. The third kappa shape index (κ3) is 2.93. The summed E-state index contributed by atoms with van der Waals surface area (Å²) < 4.78 is 19.0. The molecule has 3 heteroatoms. The van der Waals surface area contributed by atoms with E-state index in [1.54, 1.807) is 19.1 Å². The molecule has 0 spiro atoms. The molecule has 2 nitrogen and oxygen atoms in total. The smallest absolute Gasteiger partial charge is 0.133 e. The second-order valence-electron chi connectivity index (χ2n) is 4.54. The Balaban J connectivity index is 3.18. The molecular formula is C12H18FNO. The number of hydrogen-bond acceptors (Lipinski definition) is 2. The van der Waals surface area contributed by atoms with Gasteiger partial charge in [-0.05, 0) is 38.8 Å². The summed E-state index contributed by atoms with van der Waals surface area (Å²) in [5.41, 5.74) is 6.63. The molecule has 15 heavy (non-hydrogen) atoms. The van der Waals surface area contributed by atoms with Crippen LogP contribution in [0.5, 0.6) is 5.75 Å². The molecular weight excluding hydrogens is 193 g/mol. The van der Waals surface area contributed by atoms with Gasteiger partial charge < -0.3 is 10.5 Å². The van der Waals surface area contributed by atoms with Crippen LogP contribution in [-0.4, -0.2) is 12.6 Å². The highest BCUT2D eigenvalue weighted by Crippen LogP contribution is 2.26. The number of methoxy groups -OCH3 is 1. The van der Waals surface area contributed by atoms with Gasteiger partial charge in [0.15, 0.2) is 0 Å². The van der Waals surface area contributed by atoms with Crippen molar-refractivity contribution in [3.8, 4) is 5.75 Å². The molecule has 84 valence electrons. The maximum Gasteiger partial charge on any atom is 0.133 e. The third-order valence-corrected chi connectivity index (χ3v) is 2.25. The lowest BCUT2D eigenvalue weighted by molar-refractivity contribution is 0.394. The summed E-state index contributed by atoms with van der Waals surface area (Å²) in [6.45, 7) is 5.48. The zero-order valence-electron chi connectivity index (χ0n) is 9.73. The standard InChI is InChI=1S/C12H18FNO/c1-8-5-6-10(15-4)9(11(8)13)7-12(2,3)14/h5-6H,7,14H2,1-4H3. The van der Waals surface area contributed by atoms with E-state index >= 15 is 0 Å². The Kier molecular flexibility index (Phi) is 3.35. The quantitative estimate of drug-likeness (QED) is 0.833. The molecule has 0 aliphatic rings. The Hall–Kier alpha value is -1.09. The van der Waals surface area contributed by atoms with E-state index in [4.69, 9.17) is 10.5 Å². The van der Waals surface area contributed by atoms with Crippen LogP contribution in [0.1, 0.15) is 25.0 Å². The lowest BCUT2D eigenvalue weighted by Gasteiger charge is -2.21. The van der Waals surface area contributed by atoms with Gasteiger partial charge in [0.1, 0.15) is 11.6 Å². The van der Waals surface area contributed by atoms with E-state index in [0.717, 1.165) is 0 Å². The molecule has 0 saturated carbocycles. The monoisotopic (exact) mass is 211 g/mol. The molecule has 0 aromatic heterocycles. The van der Waals surface area contributed by atoms with Gasteiger partial charge in [-0.3, -0.25) is 0 Å². The molecule has 0 fully saturated rings. The molecule has 0 bridgehead atoms. The summed E-state index contributed by atoms with van der Waals surface area (Å²) in [4.78, 5) is 0. The minimum absolute atomic E-state index is 0.215. The fourth-order valence-corrected chi connectivity index (χ4v) is 1.53. The number of aryl methyl sites for hydroxylation is 1. The van der Waals surface area contributed by atoms with Crippen molar-refractivity contribution in [1.29, 1.82) is 0 Å². The number of benzene rings is 1. The van der Waals surface area contributed by atoms with Gasteiger partial charge in [0, 0.05) is 11.1 Å². The van der Waals surface area contributed by atoms with Gasteiger partial charge in [0.2, 0.25) is 0 Å². The van der Waals surface area contributed by atoms with Crippen LogP contribution in [0.3, 0.4) is 0 Å². The van der Waals surface area contributed by atoms with Crippen LogP contribution in [0.25, 0.3) is 0 Å². The Morgan fingerprint density at radius 2 is 2.00 bits per heavy atom. The second-order valence-corrected chi connectivity index (χ2v) is 4.54. The van der Waals surface area contributed by atoms with Gasteiger partial charge in [-0.25, -0.2) is 4.39 Å². The molecule has 0 unspecified atom stereocenters. The average molecular weight is 211 g/mol. The normalized spacial score (nSPS) is 11.6. The van der Waals surface area contributed by atoms with Gasteiger partial charge in [0.25, 0.3) is 0 Å². The first-order valence-electron chi connectivity index (χ1n) is 4.96. The highest BCUT2D eigenvalue weighted by molar-refractivity contribution is 5.39. The molecule has 1 aromatic rings. The molecule has 2 N–H and O–H groups in total. The van der Waals surface area contributed by atoms with Gasteiger partial charge in [0.05, 0.1) is 7.11 Å². The Labute approximate surface area is 90.2 Å². The van der Waals surface area contributed by atoms with Crippen molar-refractivity contribution in [2.45, 2.75) is 32.7 Å². The predicted molar refractivity (Wildman–Crippen MR) is 59.7 cm³/mol. The predicted octanol–water partition coefficient (Wildman–Crippen LogP) is 2.42. The Morgan fingerprint density at radius 1 is 1.40 bits per heavy atom. The largest absolute Gasteiger partial charge is 0.496 e. The maximum atomic E-state index is 13.8. The molecule has 0 aliphatic heterocycles. The topological polar surface area (TPSA) is 35.2 Å². The van der Waals surface area contributed by atoms with E-state index in [1.807, 2.05) is 13.8 Å². The molecule has 0 heterocycles. The van der Waals surface area contributed by atoms with Crippen molar-refractivity contribution < 1.29 is 9.13 Å². The Morgan fingerprint density at radius 3 is 2.47 bits per heavy atom. The number of rotatable bonds is 3. The Bertz CT molecular complexity index is 355. The minimum Gasteiger partial charge on any atom is -0.496 e. The first kappa shape index (κ1) is 12.0. The van der Waals surface area contributed by atoms with Crippen LogP contribution in [0.2, 0.25) is 0 Å². The van der Waals surface area contributed by atoms with Crippen LogP contribution in [0, 0.1) is 12.7 Å². The number of nitrogens with two attached hydrogens (primary N) is 1. The van der Waals surface area contributed by atoms with E-state index < -0.39 is 5.54 Å². The van der Waals surface area contributed by atoms with Crippen LogP contribution in [-0.2, 0) is 6.42 Å². The van der Waals surface area contributed by atoms with Crippen molar-refractivity contribution >= 4 is 0 Å². The summed E-state index contributed by atoms with van der Waals surface area (Å²) in [7, 11) is 1.54. The molecule has 0 radical (unpaired) electrons. The number of hydrogen-bond donors (Lipinski definition) is 1. The van der Waals surface area contributed by atoms with E-state index in [0.29, 0.717) is 23.3 Å². The molecule has 0 atom stereocenters. The van der Waals surface area contributed by atoms with Crippen LogP contribution < -0.4 is 10.5 Å². The van der Waals surface area contributed by atoms with Crippen molar-refractivity contribution in [1.82, 2.24) is 0 Å². The summed E-state index contributed by atoms with van der Waals surface area (Å²) in [5.74, 6) is 0.351. The summed E-state index contributed by atoms with van der Waals surface area (Å²) in [6, 6.07) is 3.49. The van der Waals surface area contributed by atoms with Crippen LogP contribution in [0.4, 0.5) is 4.39 Å². The molecule has 1 rings (SSSR count). The van der Waals surface area contributed by atoms with E-state index in [1.165, 1.54) is 7.11 Å². The lowest BCUT2D eigenvalue weighted by Crippen LogP contribution is -2.35. The van der Waals surface area contributed by atoms with Crippen molar-refractivity contribution in [3.63, 3.8) is 0 Å². The second kappa shape index (κ2) is 4.19. The van der Waals surface area contributed by atoms with Gasteiger partial charge >= 0.3 is 0 Å². The number of halogens is 1. The lowest BCUT2D eigenvalue weighted by atomic mass is 9.94. The first-order chi connectivity index (χ1) is 6.85. The fraction of sp³-hybridized carbons (Fsp3) is 0.500. The van der Waals surface area contributed by atoms with Gasteiger partial charge in [-0.1, -0.05) is 6.07 Å². The SMILES string of the molecule is COc1ccc(C)c(F)c1CC(C)(C)N. The average Bonchev–Trinajstić information content (AvgIpc) is 2.11. The molecule has 0 aliphatic carbocycles. The van der Waals surface area contributed by atoms with Crippen LogP contribution >= 0.6 is 0 Å². The summed E-state index contributed by atoms with van der Waals surface area (Å²) in [5, 5.41) is 0. The molecule has 0 saturated heterocycles. The van der Waals surface area contributed by atoms with Gasteiger partial charge in [-0.15, -0.1) is 0 Å². The summed E-state index contributed by atoms with van der Waals surface area (Å²) >= 11 is 0. The van der Waals surface area contributed by atoms with E-state index in [2.05, 4.69) is 0 Å². The molecule has 1 aromatic carbocycles. The van der Waals surface area contributed by atoms with Gasteiger partial charge in [-0.2, -0.15) is 0 Å². The highest BCUT2D eigenvalue weighted by atomic mass is 19.1. The zero-order chi connectivity index (χ0) is 11.6. The van der Waals surface area contributed by atoms with E-state index in [-0.39, 0.29) is 5.82 Å². The first-order valence-corrected chi connectivity index (χ1v) is 4.96. The van der Waals surface area contributed by atoms with Crippen LogP contribution in [0.15, 0.2) is 12.1 Å². The third-order valence-electron chi connectivity index (χ3n) is 2.25. The van der Waals surface area contributed by atoms with Crippen molar-refractivity contribution in [3.05, 3.63) is 29.1 Å². The number of ether oxygens (including phenoxy) is 1. The van der Waals surface area contributed by atoms with Crippen molar-refractivity contribution in [2.24, 2.45) is 5.73 Å². The van der Waals surface area contributed by atoms with Crippen molar-refractivity contribution in [2.75, 3.05) is 7.11 Å². The highest BCUT2D eigenvalue weighted by Gasteiger charge is 2.19. The van der Waals surface area contributed by atoms with E-state index in [9.17, 15) is 4.39 Å².